The molecule has 136 valence electrons. The molecule has 0 aliphatic carbocycles. The molecule has 0 spiro atoms. The highest BCUT2D eigenvalue weighted by atomic mass is 35.5. The first-order chi connectivity index (χ1) is 11.7. The molecule has 1 atom stereocenters. The van der Waals surface area contributed by atoms with E-state index in [0.717, 1.165) is 42.8 Å². The first kappa shape index (κ1) is 19.3. The zero-order valence-corrected chi connectivity index (χ0v) is 15.4. The molecule has 2 heterocycles. The van der Waals surface area contributed by atoms with E-state index < -0.39 is 0 Å². The van der Waals surface area contributed by atoms with E-state index in [2.05, 4.69) is 15.7 Å². The van der Waals surface area contributed by atoms with Gasteiger partial charge in [-0.25, -0.2) is 0 Å². The highest BCUT2D eigenvalue weighted by Gasteiger charge is 2.17. The molecule has 1 fully saturated rings. The van der Waals surface area contributed by atoms with Crippen LogP contribution in [0.4, 0.5) is 0 Å². The molecule has 25 heavy (non-hydrogen) atoms. The zero-order valence-electron chi connectivity index (χ0n) is 14.6. The van der Waals surface area contributed by atoms with Crippen molar-refractivity contribution in [1.29, 1.82) is 0 Å². The summed E-state index contributed by atoms with van der Waals surface area (Å²) in [7, 11) is 1.64. The number of nitrogens with one attached hydrogen (secondary N) is 2. The molecule has 1 saturated heterocycles. The van der Waals surface area contributed by atoms with E-state index in [1.54, 1.807) is 13.2 Å². The molecule has 1 unspecified atom stereocenters. The molecule has 1 aromatic carbocycles. The van der Waals surface area contributed by atoms with Gasteiger partial charge in [-0.2, -0.15) is 5.10 Å². The Labute approximate surface area is 154 Å². The minimum Gasteiger partial charge on any atom is -0.496 e. The van der Waals surface area contributed by atoms with Crippen molar-refractivity contribution in [2.45, 2.75) is 32.4 Å². The van der Waals surface area contributed by atoms with E-state index in [0.29, 0.717) is 18.3 Å². The molecule has 2 N–H and O–H groups in total. The van der Waals surface area contributed by atoms with Crippen LogP contribution in [-0.4, -0.2) is 35.9 Å². The van der Waals surface area contributed by atoms with Crippen LogP contribution < -0.4 is 15.4 Å². The van der Waals surface area contributed by atoms with Crippen LogP contribution in [0.2, 0.25) is 0 Å². The van der Waals surface area contributed by atoms with E-state index in [9.17, 15) is 4.79 Å². The molecule has 6 nitrogen and oxygen atoms in total. The second-order valence-corrected chi connectivity index (χ2v) is 6.18. The number of amides is 1. The van der Waals surface area contributed by atoms with Crippen LogP contribution in [0.5, 0.6) is 5.75 Å². The van der Waals surface area contributed by atoms with Crippen LogP contribution in [0, 0.1) is 6.92 Å². The van der Waals surface area contributed by atoms with Crippen LogP contribution in [0.25, 0.3) is 0 Å². The third kappa shape index (κ3) is 4.74. The summed E-state index contributed by atoms with van der Waals surface area (Å²) in [6.45, 7) is 4.39. The number of hydrogen-bond acceptors (Lipinski definition) is 4. The highest BCUT2D eigenvalue weighted by molar-refractivity contribution is 5.92. The van der Waals surface area contributed by atoms with E-state index in [-0.39, 0.29) is 18.3 Å². The number of methoxy groups -OCH3 is 1. The topological polar surface area (TPSA) is 68.2 Å². The molecule has 7 heteroatoms. The Morgan fingerprint density at radius 2 is 2.28 bits per heavy atom. The largest absolute Gasteiger partial charge is 0.496 e. The predicted molar refractivity (Wildman–Crippen MR) is 99.5 cm³/mol. The molecular weight excluding hydrogens is 340 g/mol. The fraction of sp³-hybridized carbons (Fsp3) is 0.444. The van der Waals surface area contributed by atoms with Crippen molar-refractivity contribution < 1.29 is 9.53 Å². The lowest BCUT2D eigenvalue weighted by molar-refractivity contribution is 0.0944. The lowest BCUT2D eigenvalue weighted by atomic mass is 10.1. The van der Waals surface area contributed by atoms with Crippen LogP contribution in [0.1, 0.15) is 40.5 Å². The van der Waals surface area contributed by atoms with Crippen LogP contribution in [-0.2, 0) is 6.54 Å². The summed E-state index contributed by atoms with van der Waals surface area (Å²) in [5.74, 6) is 0.620. The number of piperidine rings is 1. The number of aryl methyl sites for hydroxylation is 1. The number of ether oxygens (including phenoxy) is 1. The molecule has 2 aromatic rings. The Morgan fingerprint density at radius 3 is 3.00 bits per heavy atom. The Bertz CT molecular complexity index is 711. The summed E-state index contributed by atoms with van der Waals surface area (Å²) in [4.78, 5) is 12.3. The fourth-order valence-electron chi connectivity index (χ4n) is 2.99. The second kappa shape index (κ2) is 8.87. The Balaban J connectivity index is 0.00000225. The molecular formula is C18H25ClN4O2. The Hall–Kier alpha value is -2.05. The second-order valence-electron chi connectivity index (χ2n) is 6.18. The number of halogens is 1. The molecule has 1 aliphatic rings. The molecule has 0 bridgehead atoms. The molecule has 0 radical (unpaired) electrons. The van der Waals surface area contributed by atoms with Gasteiger partial charge in [-0.3, -0.25) is 9.48 Å². The number of aromatic nitrogens is 2. The smallest absolute Gasteiger partial charge is 0.272 e. The lowest BCUT2D eigenvalue weighted by Crippen LogP contribution is -2.32. The van der Waals surface area contributed by atoms with Gasteiger partial charge in [-0.15, -0.1) is 12.4 Å². The van der Waals surface area contributed by atoms with Gasteiger partial charge in [0.15, 0.2) is 0 Å². The van der Waals surface area contributed by atoms with Gasteiger partial charge in [0.1, 0.15) is 11.4 Å². The van der Waals surface area contributed by atoms with Gasteiger partial charge in [0, 0.05) is 24.8 Å². The van der Waals surface area contributed by atoms with E-state index in [4.69, 9.17) is 4.74 Å². The van der Waals surface area contributed by atoms with Crippen molar-refractivity contribution in [3.8, 4) is 5.75 Å². The first-order valence-corrected chi connectivity index (χ1v) is 8.35. The number of carbonyl (C=O) groups is 1. The molecule has 1 aliphatic heterocycles. The van der Waals surface area contributed by atoms with Gasteiger partial charge in [-0.05, 0) is 44.0 Å². The Kier molecular flexibility index (Phi) is 6.84. The zero-order chi connectivity index (χ0) is 16.9. The van der Waals surface area contributed by atoms with Crippen molar-refractivity contribution in [3.05, 3.63) is 47.3 Å². The average molecular weight is 365 g/mol. The molecule has 0 saturated carbocycles. The van der Waals surface area contributed by atoms with Gasteiger partial charge in [0.05, 0.1) is 13.2 Å². The molecule has 1 amide bonds. The molecule has 1 aromatic heterocycles. The van der Waals surface area contributed by atoms with Gasteiger partial charge in [0.25, 0.3) is 5.91 Å². The van der Waals surface area contributed by atoms with Crippen molar-refractivity contribution >= 4 is 18.3 Å². The number of nitrogens with zero attached hydrogens (tertiary/aromatic N) is 2. The number of benzene rings is 1. The normalized spacial score (nSPS) is 16.8. The number of hydrogen-bond donors (Lipinski definition) is 2. The average Bonchev–Trinajstić information content (AvgIpc) is 3.11. The highest BCUT2D eigenvalue weighted by Crippen LogP contribution is 2.20. The number of rotatable bonds is 5. The van der Waals surface area contributed by atoms with Crippen molar-refractivity contribution in [2.24, 2.45) is 0 Å². The van der Waals surface area contributed by atoms with E-state index in [1.807, 2.05) is 36.0 Å². The quantitative estimate of drug-likeness (QED) is 0.855. The first-order valence-electron chi connectivity index (χ1n) is 8.35. The lowest BCUT2D eigenvalue weighted by Gasteiger charge is -2.22. The summed E-state index contributed by atoms with van der Waals surface area (Å²) in [5, 5.41) is 10.7. The van der Waals surface area contributed by atoms with E-state index in [1.165, 1.54) is 0 Å². The van der Waals surface area contributed by atoms with Crippen LogP contribution >= 0.6 is 12.4 Å². The van der Waals surface area contributed by atoms with Gasteiger partial charge >= 0.3 is 0 Å². The third-order valence-electron chi connectivity index (χ3n) is 4.37. The summed E-state index contributed by atoms with van der Waals surface area (Å²) >= 11 is 0. The standard InChI is InChI=1S/C18H24N4O2.ClH/c1-13-5-6-14(17(10-13)24-2)11-20-18(23)16-7-9-22(21-16)15-4-3-8-19-12-15;/h5-7,9-10,15,19H,3-4,8,11-12H2,1-2H3,(H,20,23);1H. The maximum Gasteiger partial charge on any atom is 0.272 e. The minimum atomic E-state index is -0.167. The minimum absolute atomic E-state index is 0. The summed E-state index contributed by atoms with van der Waals surface area (Å²) < 4.78 is 7.27. The SMILES string of the molecule is COc1cc(C)ccc1CNC(=O)c1ccn(C2CCCNC2)n1.Cl. The van der Waals surface area contributed by atoms with Crippen molar-refractivity contribution in [1.82, 2.24) is 20.4 Å². The van der Waals surface area contributed by atoms with Crippen LogP contribution in [0.3, 0.4) is 0 Å². The Morgan fingerprint density at radius 1 is 1.44 bits per heavy atom. The van der Waals surface area contributed by atoms with Crippen molar-refractivity contribution in [2.75, 3.05) is 20.2 Å². The maximum absolute atomic E-state index is 12.3. The van der Waals surface area contributed by atoms with Crippen LogP contribution in [0.15, 0.2) is 30.5 Å². The fourth-order valence-corrected chi connectivity index (χ4v) is 2.99. The van der Waals surface area contributed by atoms with Crippen molar-refractivity contribution in [3.63, 3.8) is 0 Å². The third-order valence-corrected chi connectivity index (χ3v) is 4.37. The summed E-state index contributed by atoms with van der Waals surface area (Å²) in [5.41, 5.74) is 2.53. The maximum atomic E-state index is 12.3. The van der Waals surface area contributed by atoms with Gasteiger partial charge in [0.2, 0.25) is 0 Å². The number of carbonyl (C=O) groups excluding carboxylic acids is 1. The van der Waals surface area contributed by atoms with E-state index >= 15 is 0 Å². The predicted octanol–water partition coefficient (Wildman–Crippen LogP) is 2.48. The monoisotopic (exact) mass is 364 g/mol. The molecule has 3 rings (SSSR count). The van der Waals surface area contributed by atoms with Gasteiger partial charge < -0.3 is 15.4 Å². The van der Waals surface area contributed by atoms with Gasteiger partial charge in [-0.1, -0.05) is 12.1 Å². The summed E-state index contributed by atoms with van der Waals surface area (Å²) in [6, 6.07) is 8.05. The summed E-state index contributed by atoms with van der Waals surface area (Å²) in [6.07, 6.45) is 4.12.